The van der Waals surface area contributed by atoms with Crippen molar-refractivity contribution in [3.8, 4) is 0 Å². The third-order valence-electron chi connectivity index (χ3n) is 3.49. The average Bonchev–Trinajstić information content (AvgIpc) is 2.72. The van der Waals surface area contributed by atoms with Gasteiger partial charge in [-0.25, -0.2) is 12.8 Å². The molecule has 0 saturated carbocycles. The largest absolute Gasteiger partial charge is 0.480 e. The molecule has 0 aromatic heterocycles. The highest BCUT2D eigenvalue weighted by Crippen LogP contribution is 2.24. The van der Waals surface area contributed by atoms with Gasteiger partial charge in [0.15, 0.2) is 9.84 Å². The Hall–Kier alpha value is -1.18. The molecular formula is C13H15ClFNO4S. The van der Waals surface area contributed by atoms with Crippen molar-refractivity contribution in [1.29, 1.82) is 0 Å². The fourth-order valence-electron chi connectivity index (χ4n) is 2.44. The lowest BCUT2D eigenvalue weighted by atomic mass is 10.1. The van der Waals surface area contributed by atoms with Crippen molar-refractivity contribution in [2.45, 2.75) is 19.0 Å². The molecule has 116 valence electrons. The molecule has 0 bridgehead atoms. The fraction of sp³-hybridized carbons (Fsp3) is 0.462. The topological polar surface area (TPSA) is 74.7 Å². The van der Waals surface area contributed by atoms with Crippen molar-refractivity contribution in [2.75, 3.05) is 18.1 Å². The number of benzene rings is 1. The fourth-order valence-corrected chi connectivity index (χ4v) is 4.42. The third-order valence-corrected chi connectivity index (χ3v) is 5.59. The van der Waals surface area contributed by atoms with Crippen LogP contribution < -0.4 is 0 Å². The molecule has 1 N–H and O–H groups in total. The summed E-state index contributed by atoms with van der Waals surface area (Å²) in [6.45, 7) is -0.386. The van der Waals surface area contributed by atoms with Gasteiger partial charge in [-0.3, -0.25) is 9.69 Å². The van der Waals surface area contributed by atoms with E-state index in [0.717, 1.165) is 0 Å². The summed E-state index contributed by atoms with van der Waals surface area (Å²) in [6.07, 6.45) is 0.349. The lowest BCUT2D eigenvalue weighted by Gasteiger charge is -2.26. The van der Waals surface area contributed by atoms with Crippen molar-refractivity contribution in [3.05, 3.63) is 34.6 Å². The van der Waals surface area contributed by atoms with Crippen LogP contribution in [0.15, 0.2) is 18.2 Å². The summed E-state index contributed by atoms with van der Waals surface area (Å²) in [5, 5.41) is 9.17. The Morgan fingerprint density at radius 2 is 2.19 bits per heavy atom. The van der Waals surface area contributed by atoms with Gasteiger partial charge in [0.05, 0.1) is 18.1 Å². The SMILES string of the molecule is O=C(O)CN(Cc1c(F)cccc1Cl)C1CCS(=O)(=O)C1. The van der Waals surface area contributed by atoms with Crippen molar-refractivity contribution in [1.82, 2.24) is 4.90 Å². The van der Waals surface area contributed by atoms with Crippen LogP contribution in [0.3, 0.4) is 0 Å². The summed E-state index contributed by atoms with van der Waals surface area (Å²) in [5.41, 5.74) is 0.185. The molecule has 1 saturated heterocycles. The van der Waals surface area contributed by atoms with Gasteiger partial charge in [-0.2, -0.15) is 0 Å². The summed E-state index contributed by atoms with van der Waals surface area (Å²) in [4.78, 5) is 12.4. The third kappa shape index (κ3) is 4.15. The molecule has 0 aliphatic carbocycles. The van der Waals surface area contributed by atoms with Crippen LogP contribution >= 0.6 is 11.6 Å². The Kier molecular flexibility index (Phi) is 4.85. The molecule has 1 unspecified atom stereocenters. The van der Waals surface area contributed by atoms with Gasteiger partial charge in [0.2, 0.25) is 0 Å². The maximum absolute atomic E-state index is 13.8. The Balaban J connectivity index is 2.23. The summed E-state index contributed by atoms with van der Waals surface area (Å²) in [7, 11) is -3.15. The Morgan fingerprint density at radius 3 is 2.71 bits per heavy atom. The highest BCUT2D eigenvalue weighted by atomic mass is 35.5. The Bertz CT molecular complexity index is 629. The van der Waals surface area contributed by atoms with Gasteiger partial charge >= 0.3 is 5.97 Å². The molecule has 5 nitrogen and oxygen atoms in total. The smallest absolute Gasteiger partial charge is 0.317 e. The molecule has 0 amide bonds. The van der Waals surface area contributed by atoms with Crippen molar-refractivity contribution in [3.63, 3.8) is 0 Å². The van der Waals surface area contributed by atoms with Gasteiger partial charge in [0, 0.05) is 23.2 Å². The molecule has 0 radical (unpaired) electrons. The van der Waals surface area contributed by atoms with Gasteiger partial charge < -0.3 is 5.11 Å². The van der Waals surface area contributed by atoms with Crippen LogP contribution in [0.25, 0.3) is 0 Å². The number of carboxylic acid groups (broad SMARTS) is 1. The summed E-state index contributed by atoms with van der Waals surface area (Å²) in [6, 6.07) is 3.79. The van der Waals surface area contributed by atoms with Crippen LogP contribution in [0.2, 0.25) is 5.02 Å². The van der Waals surface area contributed by atoms with E-state index in [-0.39, 0.29) is 35.2 Å². The number of hydrogen-bond acceptors (Lipinski definition) is 4. The van der Waals surface area contributed by atoms with Gasteiger partial charge in [0.25, 0.3) is 0 Å². The molecular weight excluding hydrogens is 321 g/mol. The first-order valence-electron chi connectivity index (χ1n) is 6.37. The molecule has 21 heavy (non-hydrogen) atoms. The van der Waals surface area contributed by atoms with Crippen molar-refractivity contribution in [2.24, 2.45) is 0 Å². The van der Waals surface area contributed by atoms with Crippen LogP contribution in [-0.2, 0) is 21.2 Å². The highest BCUT2D eigenvalue weighted by molar-refractivity contribution is 7.91. The van der Waals surface area contributed by atoms with E-state index in [9.17, 15) is 17.6 Å². The van der Waals surface area contributed by atoms with Gasteiger partial charge in [-0.15, -0.1) is 0 Å². The number of sulfone groups is 1. The Morgan fingerprint density at radius 1 is 1.48 bits per heavy atom. The van der Waals surface area contributed by atoms with Crippen molar-refractivity contribution < 1.29 is 22.7 Å². The summed E-state index contributed by atoms with van der Waals surface area (Å²) in [5.74, 6) is -1.70. The average molecular weight is 336 g/mol. The second-order valence-electron chi connectivity index (χ2n) is 5.06. The maximum atomic E-state index is 13.8. The van der Waals surface area contributed by atoms with Crippen LogP contribution in [0.5, 0.6) is 0 Å². The molecule has 1 heterocycles. The number of nitrogens with zero attached hydrogens (tertiary/aromatic N) is 1. The molecule has 1 aliphatic heterocycles. The number of aliphatic carboxylic acids is 1. The van der Waals surface area contributed by atoms with Gasteiger partial charge in [-0.05, 0) is 18.6 Å². The van der Waals surface area contributed by atoms with E-state index in [4.69, 9.17) is 16.7 Å². The standard InChI is InChI=1S/C13H15ClFNO4S/c14-11-2-1-3-12(15)10(11)6-16(7-13(17)18)9-4-5-21(19,20)8-9/h1-3,9H,4-8H2,(H,17,18). The summed E-state index contributed by atoms with van der Waals surface area (Å²) < 4.78 is 36.9. The van der Waals surface area contributed by atoms with Gasteiger partial charge in [-0.1, -0.05) is 17.7 Å². The van der Waals surface area contributed by atoms with E-state index in [1.54, 1.807) is 0 Å². The first kappa shape index (κ1) is 16.2. The quantitative estimate of drug-likeness (QED) is 0.883. The number of hydrogen-bond donors (Lipinski definition) is 1. The molecule has 1 aromatic rings. The number of halogens is 2. The maximum Gasteiger partial charge on any atom is 0.317 e. The molecule has 1 atom stereocenters. The van der Waals surface area contributed by atoms with E-state index in [1.165, 1.54) is 23.1 Å². The predicted octanol–water partition coefficient (Wildman–Crippen LogP) is 1.55. The molecule has 1 aromatic carbocycles. The Labute approximate surface area is 127 Å². The molecule has 1 fully saturated rings. The number of carboxylic acids is 1. The zero-order valence-corrected chi connectivity index (χ0v) is 12.7. The minimum atomic E-state index is -3.15. The van der Waals surface area contributed by atoms with Crippen molar-refractivity contribution >= 4 is 27.4 Å². The minimum absolute atomic E-state index is 0.0266. The van der Waals surface area contributed by atoms with Gasteiger partial charge in [0.1, 0.15) is 5.82 Å². The second kappa shape index (κ2) is 6.29. The molecule has 1 aliphatic rings. The second-order valence-corrected chi connectivity index (χ2v) is 7.69. The van der Waals surface area contributed by atoms with Crippen LogP contribution in [0.4, 0.5) is 4.39 Å². The number of rotatable bonds is 5. The molecule has 8 heteroatoms. The van der Waals surface area contributed by atoms with E-state index < -0.39 is 27.7 Å². The van der Waals surface area contributed by atoms with Crippen LogP contribution in [0, 0.1) is 5.82 Å². The first-order valence-corrected chi connectivity index (χ1v) is 8.57. The minimum Gasteiger partial charge on any atom is -0.480 e. The van der Waals surface area contributed by atoms with E-state index in [2.05, 4.69) is 0 Å². The van der Waals surface area contributed by atoms with E-state index in [1.807, 2.05) is 0 Å². The van der Waals surface area contributed by atoms with Crippen LogP contribution in [-0.4, -0.2) is 48.5 Å². The lowest BCUT2D eigenvalue weighted by Crippen LogP contribution is -2.39. The zero-order valence-electron chi connectivity index (χ0n) is 11.1. The van der Waals surface area contributed by atoms with Crippen LogP contribution in [0.1, 0.15) is 12.0 Å². The van der Waals surface area contributed by atoms with E-state index >= 15 is 0 Å². The first-order chi connectivity index (χ1) is 9.78. The van der Waals surface area contributed by atoms with E-state index in [0.29, 0.717) is 6.42 Å². The molecule has 2 rings (SSSR count). The molecule has 0 spiro atoms. The predicted molar refractivity (Wildman–Crippen MR) is 76.5 cm³/mol. The lowest BCUT2D eigenvalue weighted by molar-refractivity contribution is -0.139. The normalized spacial score (nSPS) is 20.8. The monoisotopic (exact) mass is 335 g/mol. The summed E-state index contributed by atoms with van der Waals surface area (Å²) >= 11 is 5.94. The number of carbonyl (C=O) groups is 1. The zero-order chi connectivity index (χ0) is 15.6. The highest BCUT2D eigenvalue weighted by Gasteiger charge is 2.33.